The van der Waals surface area contributed by atoms with E-state index < -0.39 is 12.0 Å². The molecular formula is C35H45LiN2O3S2. The van der Waals surface area contributed by atoms with E-state index in [1.54, 1.807) is 11.8 Å². The number of aryl methyl sites for hydroxylation is 1. The first-order valence-corrected chi connectivity index (χ1v) is 17.4. The Kier molecular flexibility index (Phi) is 15.3. The van der Waals surface area contributed by atoms with Gasteiger partial charge in [-0.05, 0) is 84.2 Å². The normalized spacial score (nSPS) is 14.8. The summed E-state index contributed by atoms with van der Waals surface area (Å²) in [5.41, 5.74) is 4.51. The van der Waals surface area contributed by atoms with Gasteiger partial charge in [-0.3, -0.25) is 4.79 Å². The van der Waals surface area contributed by atoms with Crippen LogP contribution in [0.1, 0.15) is 67.9 Å². The Morgan fingerprint density at radius 2 is 1.70 bits per heavy atom. The molecule has 3 aromatic carbocycles. The molecule has 0 spiro atoms. The molecule has 43 heavy (non-hydrogen) atoms. The first-order valence-electron chi connectivity index (χ1n) is 15.1. The molecule has 0 saturated heterocycles. The minimum atomic E-state index is -1.01. The second-order valence-electron chi connectivity index (χ2n) is 11.3. The fraction of sp³-hybridized carbons (Fsp3) is 0.429. The number of carboxylic acids is 1. The number of thioether (sulfide) groups is 2. The van der Waals surface area contributed by atoms with Gasteiger partial charge in [-0.15, -0.1) is 11.8 Å². The van der Waals surface area contributed by atoms with Crippen LogP contribution < -0.4 is 29.5 Å². The van der Waals surface area contributed by atoms with Crippen LogP contribution in [0.15, 0.2) is 77.7 Å². The predicted molar refractivity (Wildman–Crippen MR) is 179 cm³/mol. The largest absolute Gasteiger partial charge is 1.00 e. The SMILES string of the molecule is CSCCC(NC(=O)c1ccc(CNC(CSc2ccccc2)CC2CCCCC2)cc1-c1ccccc1C)C(=O)O.[H-].[Li+]. The Hall–Kier alpha value is -2.14. The van der Waals surface area contributed by atoms with E-state index >= 15 is 0 Å². The number of aliphatic carboxylic acids is 1. The molecule has 3 N–H and O–H groups in total. The quantitative estimate of drug-likeness (QED) is 0.167. The predicted octanol–water partition coefficient (Wildman–Crippen LogP) is 4.94. The minimum absolute atomic E-state index is 0. The number of benzene rings is 3. The van der Waals surface area contributed by atoms with Crippen molar-refractivity contribution in [2.75, 3.05) is 17.8 Å². The molecule has 0 aromatic heterocycles. The number of hydrogen-bond donors (Lipinski definition) is 3. The number of carbonyl (C=O) groups is 2. The molecule has 226 valence electrons. The van der Waals surface area contributed by atoms with E-state index in [0.29, 0.717) is 30.3 Å². The second kappa shape index (κ2) is 18.6. The zero-order valence-electron chi connectivity index (χ0n) is 26.8. The summed E-state index contributed by atoms with van der Waals surface area (Å²) in [4.78, 5) is 26.6. The van der Waals surface area contributed by atoms with Crippen molar-refractivity contribution >= 4 is 35.4 Å². The van der Waals surface area contributed by atoms with Gasteiger partial charge < -0.3 is 17.2 Å². The van der Waals surface area contributed by atoms with Crippen molar-refractivity contribution in [3.8, 4) is 11.1 Å². The molecule has 0 radical (unpaired) electrons. The molecule has 2 unspecified atom stereocenters. The maximum absolute atomic E-state index is 13.4. The van der Waals surface area contributed by atoms with Crippen molar-refractivity contribution in [1.82, 2.24) is 10.6 Å². The zero-order valence-corrected chi connectivity index (χ0v) is 27.4. The summed E-state index contributed by atoms with van der Waals surface area (Å²) in [6.45, 7) is 2.75. The molecule has 1 fully saturated rings. The standard InChI is InChI=1S/C35H44N2O3S2.Li.H/c1-25-11-9-10-16-30(25)32-22-27(17-18-31(32)34(38)37-33(35(39)40)19-20-41-2)23-36-28(21-26-12-5-3-6-13-26)24-42-29-14-7-4-8-15-29;;/h4,7-11,14-18,22,26,28,33,36H,3,5-6,12-13,19-21,23-24H2,1-2H3,(H,37,38)(H,39,40);;/q;+1;-1. The van der Waals surface area contributed by atoms with Gasteiger partial charge in [0.15, 0.2) is 0 Å². The van der Waals surface area contributed by atoms with Crippen molar-refractivity contribution < 1.29 is 35.0 Å². The molecule has 1 aliphatic carbocycles. The molecule has 1 aliphatic rings. The smallest absolute Gasteiger partial charge is 1.00 e. The van der Waals surface area contributed by atoms with E-state index in [4.69, 9.17) is 0 Å². The average molecular weight is 613 g/mol. The van der Waals surface area contributed by atoms with E-state index in [2.05, 4.69) is 47.0 Å². The Balaban J connectivity index is 0.00000337. The number of nitrogens with one attached hydrogen (secondary N) is 2. The van der Waals surface area contributed by atoms with Gasteiger partial charge in [0.25, 0.3) is 5.91 Å². The molecule has 0 heterocycles. The number of rotatable bonds is 15. The molecule has 2 atom stereocenters. The third kappa shape index (κ3) is 11.1. The van der Waals surface area contributed by atoms with Crippen LogP contribution in [0.2, 0.25) is 0 Å². The number of hydrogen-bond acceptors (Lipinski definition) is 5. The van der Waals surface area contributed by atoms with Crippen LogP contribution in [0.3, 0.4) is 0 Å². The van der Waals surface area contributed by atoms with E-state index in [0.717, 1.165) is 33.9 Å². The summed E-state index contributed by atoms with van der Waals surface area (Å²) in [7, 11) is 0. The third-order valence-corrected chi connectivity index (χ3v) is 9.93. The van der Waals surface area contributed by atoms with Gasteiger partial charge in [-0.2, -0.15) is 11.8 Å². The zero-order chi connectivity index (χ0) is 29.7. The Bertz CT molecular complexity index is 1310. The molecule has 4 rings (SSSR count). The van der Waals surface area contributed by atoms with Crippen LogP contribution in [0, 0.1) is 12.8 Å². The molecule has 0 aliphatic heterocycles. The van der Waals surface area contributed by atoms with Gasteiger partial charge in [0, 0.05) is 28.8 Å². The van der Waals surface area contributed by atoms with Crippen LogP contribution in [-0.2, 0) is 11.3 Å². The number of amides is 1. The van der Waals surface area contributed by atoms with Crippen molar-refractivity contribution in [2.24, 2.45) is 5.92 Å². The van der Waals surface area contributed by atoms with Gasteiger partial charge in [0.2, 0.25) is 0 Å². The van der Waals surface area contributed by atoms with Gasteiger partial charge in [0.05, 0.1) is 0 Å². The van der Waals surface area contributed by atoms with E-state index in [9.17, 15) is 14.7 Å². The van der Waals surface area contributed by atoms with Crippen LogP contribution in [0.5, 0.6) is 0 Å². The summed E-state index contributed by atoms with van der Waals surface area (Å²) in [5, 5.41) is 16.3. The Morgan fingerprint density at radius 1 is 0.977 bits per heavy atom. The van der Waals surface area contributed by atoms with Gasteiger partial charge in [-0.1, -0.05) is 80.6 Å². The van der Waals surface area contributed by atoms with E-state index in [1.807, 2.05) is 61.3 Å². The molecule has 1 saturated carbocycles. The average Bonchev–Trinajstić information content (AvgIpc) is 3.01. The van der Waals surface area contributed by atoms with Gasteiger partial charge in [0.1, 0.15) is 6.04 Å². The maximum Gasteiger partial charge on any atom is 1.00 e. The van der Waals surface area contributed by atoms with E-state index in [1.165, 1.54) is 43.4 Å². The van der Waals surface area contributed by atoms with Crippen LogP contribution in [0.25, 0.3) is 11.1 Å². The molecule has 0 bridgehead atoms. The number of carboxylic acid groups (broad SMARTS) is 1. The fourth-order valence-corrected chi connectivity index (χ4v) is 7.21. The summed E-state index contributed by atoms with van der Waals surface area (Å²) in [6, 6.07) is 24.1. The van der Waals surface area contributed by atoms with Crippen LogP contribution >= 0.6 is 23.5 Å². The summed E-state index contributed by atoms with van der Waals surface area (Å²) in [6.07, 6.45) is 10.2. The summed E-state index contributed by atoms with van der Waals surface area (Å²) >= 11 is 3.48. The van der Waals surface area contributed by atoms with Gasteiger partial charge in [-0.25, -0.2) is 4.79 Å². The van der Waals surface area contributed by atoms with Crippen molar-refractivity contribution in [3.63, 3.8) is 0 Å². The van der Waals surface area contributed by atoms with Crippen molar-refractivity contribution in [1.29, 1.82) is 0 Å². The Morgan fingerprint density at radius 3 is 2.40 bits per heavy atom. The van der Waals surface area contributed by atoms with Gasteiger partial charge >= 0.3 is 24.8 Å². The van der Waals surface area contributed by atoms with Crippen molar-refractivity contribution in [3.05, 3.63) is 89.5 Å². The van der Waals surface area contributed by atoms with Crippen molar-refractivity contribution in [2.45, 2.75) is 75.4 Å². The maximum atomic E-state index is 13.4. The van der Waals surface area contributed by atoms with Crippen LogP contribution in [0.4, 0.5) is 0 Å². The molecule has 3 aromatic rings. The summed E-state index contributed by atoms with van der Waals surface area (Å²) < 4.78 is 0. The number of carbonyl (C=O) groups excluding carboxylic acids is 1. The van der Waals surface area contributed by atoms with Crippen LogP contribution in [-0.4, -0.2) is 46.8 Å². The first kappa shape index (κ1) is 35.3. The summed E-state index contributed by atoms with van der Waals surface area (Å²) in [5.74, 6) is 1.09. The van der Waals surface area contributed by atoms with E-state index in [-0.39, 0.29) is 26.2 Å². The molecule has 1 amide bonds. The monoisotopic (exact) mass is 612 g/mol. The molecule has 5 nitrogen and oxygen atoms in total. The Labute approximate surface area is 279 Å². The minimum Gasteiger partial charge on any atom is -1.00 e. The molecular weight excluding hydrogens is 567 g/mol. The fourth-order valence-electron chi connectivity index (χ4n) is 5.74. The second-order valence-corrected chi connectivity index (χ2v) is 13.4. The molecule has 8 heteroatoms. The topological polar surface area (TPSA) is 78.4 Å². The first-order chi connectivity index (χ1) is 20.4. The third-order valence-electron chi connectivity index (χ3n) is 8.11.